The molecule has 1 heterocycles. The van der Waals surface area contributed by atoms with E-state index in [-0.39, 0.29) is 17.5 Å². The van der Waals surface area contributed by atoms with Gasteiger partial charge in [0.15, 0.2) is 5.78 Å². The van der Waals surface area contributed by atoms with Gasteiger partial charge >= 0.3 is 0 Å². The second-order valence-corrected chi connectivity index (χ2v) is 4.86. The lowest BCUT2D eigenvalue weighted by molar-refractivity contribution is 0.0967. The highest BCUT2D eigenvalue weighted by molar-refractivity contribution is 6.10. The molecule has 0 aliphatic heterocycles. The number of aromatic amines is 1. The number of halogens is 1. The maximum atomic E-state index is 13.9. The molecule has 1 atom stereocenters. The van der Waals surface area contributed by atoms with Crippen LogP contribution in [0.1, 0.15) is 28.8 Å². The number of hydrogen-bond donors (Lipinski definition) is 1. The molecule has 3 aromatic rings. The first-order valence-corrected chi connectivity index (χ1v) is 6.53. The molecule has 0 spiro atoms. The number of rotatable bonds is 3. The second kappa shape index (κ2) is 4.93. The van der Waals surface area contributed by atoms with Gasteiger partial charge in [-0.3, -0.25) is 4.79 Å². The van der Waals surface area contributed by atoms with Crippen molar-refractivity contribution in [3.05, 3.63) is 71.7 Å². The molecule has 2 nitrogen and oxygen atoms in total. The lowest BCUT2D eigenvalue weighted by Gasteiger charge is -2.10. The lowest BCUT2D eigenvalue weighted by atomic mass is 9.92. The Bertz CT molecular complexity index is 761. The first kappa shape index (κ1) is 12.6. The average Bonchev–Trinajstić information content (AvgIpc) is 2.92. The molecule has 0 amide bonds. The molecule has 0 saturated carbocycles. The number of benzene rings is 2. The van der Waals surface area contributed by atoms with Gasteiger partial charge in [0, 0.05) is 28.6 Å². The predicted octanol–water partition coefficient (Wildman–Crippen LogP) is 4.29. The molecular weight excluding hydrogens is 253 g/mol. The van der Waals surface area contributed by atoms with E-state index in [0.29, 0.717) is 16.5 Å². The number of Topliss-reactive ketones (excluding diaryl/α,β-unsaturated/α-hetero) is 1. The third kappa shape index (κ3) is 2.01. The van der Waals surface area contributed by atoms with Crippen LogP contribution in [0, 0.1) is 5.82 Å². The summed E-state index contributed by atoms with van der Waals surface area (Å²) in [5.41, 5.74) is 1.99. The minimum Gasteiger partial charge on any atom is -0.360 e. The standard InChI is InChI=1S/C17H14FNO/c1-11(12-6-3-2-4-7-12)17(20)13-10-19-15-9-5-8-14(18)16(13)15/h2-11,19H,1H3. The SMILES string of the molecule is CC(C(=O)c1c[nH]c2cccc(F)c12)c1ccccc1. The van der Waals surface area contributed by atoms with Crippen molar-refractivity contribution < 1.29 is 9.18 Å². The number of aromatic nitrogens is 1. The topological polar surface area (TPSA) is 32.9 Å². The third-order valence-corrected chi connectivity index (χ3v) is 3.61. The Morgan fingerprint density at radius 2 is 1.85 bits per heavy atom. The highest BCUT2D eigenvalue weighted by Gasteiger charge is 2.21. The summed E-state index contributed by atoms with van der Waals surface area (Å²) in [6, 6.07) is 14.3. The van der Waals surface area contributed by atoms with E-state index >= 15 is 0 Å². The minimum atomic E-state index is -0.368. The van der Waals surface area contributed by atoms with Crippen molar-refractivity contribution in [3.63, 3.8) is 0 Å². The normalized spacial score (nSPS) is 12.5. The Morgan fingerprint density at radius 3 is 2.60 bits per heavy atom. The van der Waals surface area contributed by atoms with Crippen LogP contribution in [0.25, 0.3) is 10.9 Å². The molecule has 20 heavy (non-hydrogen) atoms. The van der Waals surface area contributed by atoms with Gasteiger partial charge in [0.25, 0.3) is 0 Å². The van der Waals surface area contributed by atoms with Gasteiger partial charge in [-0.25, -0.2) is 4.39 Å². The summed E-state index contributed by atoms with van der Waals surface area (Å²) in [4.78, 5) is 15.5. The van der Waals surface area contributed by atoms with Gasteiger partial charge in [0.1, 0.15) is 5.82 Å². The molecule has 1 unspecified atom stereocenters. The summed E-state index contributed by atoms with van der Waals surface area (Å²) in [6.45, 7) is 1.84. The van der Waals surface area contributed by atoms with Gasteiger partial charge in [-0.15, -0.1) is 0 Å². The van der Waals surface area contributed by atoms with Crippen LogP contribution in [0.3, 0.4) is 0 Å². The fourth-order valence-electron chi connectivity index (χ4n) is 2.46. The number of nitrogens with one attached hydrogen (secondary N) is 1. The summed E-state index contributed by atoms with van der Waals surface area (Å²) in [6.07, 6.45) is 1.59. The van der Waals surface area contributed by atoms with Crippen molar-refractivity contribution in [1.29, 1.82) is 0 Å². The van der Waals surface area contributed by atoms with Gasteiger partial charge in [0.2, 0.25) is 0 Å². The van der Waals surface area contributed by atoms with Crippen LogP contribution in [-0.2, 0) is 0 Å². The van der Waals surface area contributed by atoms with Crippen molar-refractivity contribution in [2.75, 3.05) is 0 Å². The van der Waals surface area contributed by atoms with Gasteiger partial charge < -0.3 is 4.98 Å². The highest BCUT2D eigenvalue weighted by atomic mass is 19.1. The summed E-state index contributed by atoms with van der Waals surface area (Å²) in [5, 5.41) is 0.375. The molecule has 3 heteroatoms. The third-order valence-electron chi connectivity index (χ3n) is 3.61. The maximum absolute atomic E-state index is 13.9. The zero-order chi connectivity index (χ0) is 14.1. The molecule has 0 saturated heterocycles. The van der Waals surface area contributed by atoms with Crippen molar-refractivity contribution in [3.8, 4) is 0 Å². The van der Waals surface area contributed by atoms with Crippen molar-refractivity contribution >= 4 is 16.7 Å². The molecule has 0 aliphatic carbocycles. The lowest BCUT2D eigenvalue weighted by Crippen LogP contribution is -2.09. The highest BCUT2D eigenvalue weighted by Crippen LogP contribution is 2.27. The van der Waals surface area contributed by atoms with Crippen molar-refractivity contribution in [2.24, 2.45) is 0 Å². The molecular formula is C17H14FNO. The van der Waals surface area contributed by atoms with Crippen LogP contribution in [0.5, 0.6) is 0 Å². The van der Waals surface area contributed by atoms with E-state index in [0.717, 1.165) is 5.56 Å². The fourth-order valence-corrected chi connectivity index (χ4v) is 2.46. The smallest absolute Gasteiger partial charge is 0.172 e. The quantitative estimate of drug-likeness (QED) is 0.705. The summed E-state index contributed by atoms with van der Waals surface area (Å²) < 4.78 is 13.9. The second-order valence-electron chi connectivity index (χ2n) is 4.86. The Labute approximate surface area is 116 Å². The number of carbonyl (C=O) groups is 1. The molecule has 1 N–H and O–H groups in total. The minimum absolute atomic E-state index is 0.0763. The maximum Gasteiger partial charge on any atom is 0.172 e. The zero-order valence-electron chi connectivity index (χ0n) is 11.1. The van der Waals surface area contributed by atoms with E-state index in [4.69, 9.17) is 0 Å². The van der Waals surface area contributed by atoms with E-state index in [1.54, 1.807) is 18.3 Å². The largest absolute Gasteiger partial charge is 0.360 e. The van der Waals surface area contributed by atoms with E-state index in [9.17, 15) is 9.18 Å². The fraction of sp³-hybridized carbons (Fsp3) is 0.118. The summed E-state index contributed by atoms with van der Waals surface area (Å²) >= 11 is 0. The van der Waals surface area contributed by atoms with Crippen LogP contribution in [0.2, 0.25) is 0 Å². The molecule has 0 radical (unpaired) electrons. The van der Waals surface area contributed by atoms with Crippen LogP contribution in [0.4, 0.5) is 4.39 Å². The Hall–Kier alpha value is -2.42. The zero-order valence-corrected chi connectivity index (χ0v) is 11.1. The van der Waals surface area contributed by atoms with Gasteiger partial charge in [-0.1, -0.05) is 43.3 Å². The molecule has 100 valence electrons. The molecule has 0 fully saturated rings. The monoisotopic (exact) mass is 267 g/mol. The van der Waals surface area contributed by atoms with E-state index in [1.165, 1.54) is 6.07 Å². The molecule has 3 rings (SSSR count). The summed E-state index contributed by atoms with van der Waals surface area (Å²) in [7, 11) is 0. The molecule has 0 bridgehead atoms. The first-order chi connectivity index (χ1) is 9.68. The molecule has 0 aliphatic rings. The summed E-state index contributed by atoms with van der Waals surface area (Å²) in [5.74, 6) is -0.741. The van der Waals surface area contributed by atoms with E-state index in [1.807, 2.05) is 37.3 Å². The molecule has 1 aromatic heterocycles. The molecule has 2 aromatic carbocycles. The van der Waals surface area contributed by atoms with E-state index < -0.39 is 0 Å². The Morgan fingerprint density at radius 1 is 1.10 bits per heavy atom. The Kier molecular flexibility index (Phi) is 3.11. The predicted molar refractivity (Wildman–Crippen MR) is 77.4 cm³/mol. The van der Waals surface area contributed by atoms with Crippen LogP contribution >= 0.6 is 0 Å². The van der Waals surface area contributed by atoms with Gasteiger partial charge in [0.05, 0.1) is 0 Å². The van der Waals surface area contributed by atoms with Gasteiger partial charge in [-0.2, -0.15) is 0 Å². The van der Waals surface area contributed by atoms with Crippen molar-refractivity contribution in [2.45, 2.75) is 12.8 Å². The van der Waals surface area contributed by atoms with Crippen LogP contribution < -0.4 is 0 Å². The van der Waals surface area contributed by atoms with Gasteiger partial charge in [-0.05, 0) is 17.7 Å². The number of ketones is 1. The number of hydrogen-bond acceptors (Lipinski definition) is 1. The number of H-pyrrole nitrogens is 1. The number of fused-ring (bicyclic) bond motifs is 1. The Balaban J connectivity index is 2.05. The van der Waals surface area contributed by atoms with Crippen molar-refractivity contribution in [1.82, 2.24) is 4.98 Å². The first-order valence-electron chi connectivity index (χ1n) is 6.53. The van der Waals surface area contributed by atoms with Crippen LogP contribution in [-0.4, -0.2) is 10.8 Å². The average molecular weight is 267 g/mol. The van der Waals surface area contributed by atoms with E-state index in [2.05, 4.69) is 4.98 Å². The van der Waals surface area contributed by atoms with Crippen LogP contribution in [0.15, 0.2) is 54.7 Å². The number of carbonyl (C=O) groups excluding carboxylic acids is 1.